The van der Waals surface area contributed by atoms with Crippen molar-refractivity contribution in [2.24, 2.45) is 0 Å². The molecule has 0 spiro atoms. The molecule has 0 unspecified atom stereocenters. The molecule has 0 N–H and O–H groups in total. The molecule has 1 aliphatic rings. The van der Waals surface area contributed by atoms with Crippen LogP contribution in [0.2, 0.25) is 0 Å². The molecule has 3 aromatic rings. The Morgan fingerprint density at radius 1 is 1.13 bits per heavy atom. The number of amides is 1. The highest BCUT2D eigenvalue weighted by molar-refractivity contribution is 5.94. The lowest BCUT2D eigenvalue weighted by atomic mass is 9.97. The van der Waals surface area contributed by atoms with Crippen molar-refractivity contribution < 1.29 is 27.6 Å². The van der Waals surface area contributed by atoms with Crippen molar-refractivity contribution in [3.8, 4) is 22.9 Å². The number of rotatable bonds is 5. The van der Waals surface area contributed by atoms with Gasteiger partial charge >= 0.3 is 0 Å². The lowest BCUT2D eigenvalue weighted by Gasteiger charge is -2.31. The van der Waals surface area contributed by atoms with E-state index in [0.29, 0.717) is 41.7 Å². The van der Waals surface area contributed by atoms with Gasteiger partial charge in [-0.1, -0.05) is 11.2 Å². The maximum atomic E-state index is 14.0. The van der Waals surface area contributed by atoms with Crippen molar-refractivity contribution in [1.82, 2.24) is 15.0 Å². The number of likely N-dealkylation sites (tertiary alicyclic amines) is 1. The van der Waals surface area contributed by atoms with E-state index in [2.05, 4.69) is 10.1 Å². The average Bonchev–Trinajstić information content (AvgIpc) is 3.29. The maximum Gasteiger partial charge on any atom is 0.259 e. The summed E-state index contributed by atoms with van der Waals surface area (Å²) in [5.41, 5.74) is 0.143. The molecule has 1 saturated heterocycles. The number of halogens is 2. The minimum atomic E-state index is -0.874. The highest BCUT2D eigenvalue weighted by Gasteiger charge is 2.31. The number of ether oxygens (including phenoxy) is 2. The Morgan fingerprint density at radius 3 is 2.58 bits per heavy atom. The van der Waals surface area contributed by atoms with E-state index in [1.165, 1.54) is 18.1 Å². The second-order valence-electron chi connectivity index (χ2n) is 7.21. The van der Waals surface area contributed by atoms with Gasteiger partial charge in [0.2, 0.25) is 11.7 Å². The summed E-state index contributed by atoms with van der Waals surface area (Å²) in [5.74, 6) is -0.796. The monoisotopic (exact) mass is 429 g/mol. The van der Waals surface area contributed by atoms with Gasteiger partial charge in [-0.3, -0.25) is 4.79 Å². The van der Waals surface area contributed by atoms with Crippen LogP contribution in [0.3, 0.4) is 0 Å². The third-order valence-electron chi connectivity index (χ3n) is 5.32. The summed E-state index contributed by atoms with van der Waals surface area (Å²) in [5, 5.41) is 4.04. The average molecular weight is 429 g/mol. The molecule has 1 atom stereocenters. The standard InChI is InChI=1S/C22H21F2N3O4/c1-29-17-9-8-13(11-18(17)30-2)20-25-21(31-26-20)14-5-4-10-27(12-14)22(28)19-15(23)6-3-7-16(19)24/h3,6-9,11,14H,4-5,10,12H2,1-2H3/t14-/m0/s1. The Morgan fingerprint density at radius 2 is 1.87 bits per heavy atom. The Labute approximate surface area is 177 Å². The highest BCUT2D eigenvalue weighted by Crippen LogP contribution is 2.33. The molecule has 1 fully saturated rings. The van der Waals surface area contributed by atoms with Crippen LogP contribution >= 0.6 is 0 Å². The van der Waals surface area contributed by atoms with Gasteiger partial charge in [-0.15, -0.1) is 0 Å². The van der Waals surface area contributed by atoms with Crippen LogP contribution in [0.5, 0.6) is 11.5 Å². The van der Waals surface area contributed by atoms with Gasteiger partial charge in [0.05, 0.1) is 20.1 Å². The normalized spacial score (nSPS) is 16.3. The van der Waals surface area contributed by atoms with E-state index in [0.717, 1.165) is 18.6 Å². The molecule has 0 bridgehead atoms. The van der Waals surface area contributed by atoms with Crippen molar-refractivity contribution in [3.63, 3.8) is 0 Å². The summed E-state index contributed by atoms with van der Waals surface area (Å²) in [6.07, 6.45) is 1.37. The largest absolute Gasteiger partial charge is 0.493 e. The SMILES string of the molecule is COc1ccc(-c2noc([C@H]3CCCN(C(=O)c4c(F)cccc4F)C3)n2)cc1OC. The molecule has 2 aromatic carbocycles. The number of nitrogens with zero attached hydrogens (tertiary/aromatic N) is 3. The highest BCUT2D eigenvalue weighted by atomic mass is 19.1. The zero-order chi connectivity index (χ0) is 22.0. The van der Waals surface area contributed by atoms with E-state index < -0.39 is 23.1 Å². The maximum absolute atomic E-state index is 14.0. The molecule has 1 aromatic heterocycles. The second kappa shape index (κ2) is 8.71. The fourth-order valence-corrected chi connectivity index (χ4v) is 3.72. The molecule has 0 aliphatic carbocycles. The molecule has 31 heavy (non-hydrogen) atoms. The first-order chi connectivity index (χ1) is 15.0. The van der Waals surface area contributed by atoms with Crippen molar-refractivity contribution in [2.75, 3.05) is 27.3 Å². The second-order valence-corrected chi connectivity index (χ2v) is 7.21. The number of hydrogen-bond donors (Lipinski definition) is 0. The first kappa shape index (κ1) is 20.8. The molecule has 9 heteroatoms. The number of methoxy groups -OCH3 is 2. The van der Waals surface area contributed by atoms with E-state index >= 15 is 0 Å². The van der Waals surface area contributed by atoms with Gasteiger partial charge in [-0.25, -0.2) is 8.78 Å². The minimum absolute atomic E-state index is 0.228. The number of carbonyl (C=O) groups excluding carboxylic acids is 1. The van der Waals surface area contributed by atoms with Crippen molar-refractivity contribution in [3.05, 3.63) is 59.5 Å². The quantitative estimate of drug-likeness (QED) is 0.609. The van der Waals surface area contributed by atoms with Crippen LogP contribution in [0.25, 0.3) is 11.4 Å². The van der Waals surface area contributed by atoms with Gasteiger partial charge in [0, 0.05) is 18.7 Å². The topological polar surface area (TPSA) is 77.7 Å². The van der Waals surface area contributed by atoms with E-state index in [9.17, 15) is 13.6 Å². The Balaban J connectivity index is 1.54. The number of hydrogen-bond acceptors (Lipinski definition) is 6. The van der Waals surface area contributed by atoms with Crippen LogP contribution in [0, 0.1) is 11.6 Å². The van der Waals surface area contributed by atoms with Gasteiger partial charge < -0.3 is 18.9 Å². The van der Waals surface area contributed by atoms with E-state index in [4.69, 9.17) is 14.0 Å². The lowest BCUT2D eigenvalue weighted by molar-refractivity contribution is 0.0686. The van der Waals surface area contributed by atoms with Crippen LogP contribution in [0.1, 0.15) is 35.0 Å². The smallest absolute Gasteiger partial charge is 0.259 e. The van der Waals surface area contributed by atoms with Crippen molar-refractivity contribution in [1.29, 1.82) is 0 Å². The Hall–Kier alpha value is -3.49. The number of benzene rings is 2. The van der Waals surface area contributed by atoms with E-state index in [-0.39, 0.29) is 12.5 Å². The van der Waals surface area contributed by atoms with Crippen LogP contribution in [-0.4, -0.2) is 48.3 Å². The Bertz CT molecular complexity index is 1080. The molecule has 1 aliphatic heterocycles. The van der Waals surface area contributed by atoms with E-state index in [1.54, 1.807) is 25.3 Å². The summed E-state index contributed by atoms with van der Waals surface area (Å²) in [4.78, 5) is 18.6. The molecular weight excluding hydrogens is 408 g/mol. The molecule has 162 valence electrons. The fraction of sp³-hybridized carbons (Fsp3) is 0.318. The number of piperidine rings is 1. The predicted molar refractivity (Wildman–Crippen MR) is 107 cm³/mol. The molecule has 7 nitrogen and oxygen atoms in total. The summed E-state index contributed by atoms with van der Waals surface area (Å²) in [7, 11) is 3.09. The van der Waals surface area contributed by atoms with E-state index in [1.807, 2.05) is 0 Å². The third-order valence-corrected chi connectivity index (χ3v) is 5.32. The van der Waals surface area contributed by atoms with Gasteiger partial charge in [-0.2, -0.15) is 4.98 Å². The number of carbonyl (C=O) groups is 1. The summed E-state index contributed by atoms with van der Waals surface area (Å²) >= 11 is 0. The van der Waals surface area contributed by atoms with Gasteiger partial charge in [0.15, 0.2) is 11.5 Å². The molecular formula is C22H21F2N3O4. The third kappa shape index (κ3) is 4.08. The first-order valence-corrected chi connectivity index (χ1v) is 9.81. The van der Waals surface area contributed by atoms with Gasteiger partial charge in [-0.05, 0) is 43.2 Å². The van der Waals surface area contributed by atoms with Gasteiger partial charge in [0.25, 0.3) is 5.91 Å². The fourth-order valence-electron chi connectivity index (χ4n) is 3.72. The van der Waals surface area contributed by atoms with Crippen LogP contribution in [0.15, 0.2) is 40.9 Å². The predicted octanol–water partition coefficient (Wildman–Crippen LogP) is 4.05. The summed E-state index contributed by atoms with van der Waals surface area (Å²) in [6.45, 7) is 0.639. The molecule has 2 heterocycles. The summed E-state index contributed by atoms with van der Waals surface area (Å²) in [6, 6.07) is 8.65. The van der Waals surface area contributed by atoms with Crippen molar-refractivity contribution >= 4 is 5.91 Å². The lowest BCUT2D eigenvalue weighted by Crippen LogP contribution is -2.40. The Kier molecular flexibility index (Phi) is 5.83. The minimum Gasteiger partial charge on any atom is -0.493 e. The molecule has 1 amide bonds. The summed E-state index contributed by atoms with van der Waals surface area (Å²) < 4.78 is 44.1. The molecule has 4 rings (SSSR count). The molecule has 0 radical (unpaired) electrons. The number of aromatic nitrogens is 2. The zero-order valence-electron chi connectivity index (χ0n) is 17.1. The zero-order valence-corrected chi connectivity index (χ0v) is 17.1. The first-order valence-electron chi connectivity index (χ1n) is 9.81. The molecule has 0 saturated carbocycles. The van der Waals surface area contributed by atoms with Crippen molar-refractivity contribution in [2.45, 2.75) is 18.8 Å². The van der Waals surface area contributed by atoms with Crippen LogP contribution in [0.4, 0.5) is 8.78 Å². The van der Waals surface area contributed by atoms with Crippen LogP contribution in [-0.2, 0) is 0 Å². The van der Waals surface area contributed by atoms with Crippen LogP contribution < -0.4 is 9.47 Å². The van der Waals surface area contributed by atoms with Gasteiger partial charge in [0.1, 0.15) is 17.2 Å².